The summed E-state index contributed by atoms with van der Waals surface area (Å²) >= 11 is 0. The Morgan fingerprint density at radius 1 is 1.23 bits per heavy atom. The third-order valence-electron chi connectivity index (χ3n) is 4.06. The highest BCUT2D eigenvalue weighted by Crippen LogP contribution is 2.36. The number of benzene rings is 1. The number of carbonyl (C=O) groups is 1. The number of methoxy groups -OCH3 is 1. The van der Waals surface area contributed by atoms with Gasteiger partial charge in [0.2, 0.25) is 0 Å². The second kappa shape index (κ2) is 7.15. The van der Waals surface area contributed by atoms with E-state index in [1.54, 1.807) is 18.2 Å². The summed E-state index contributed by atoms with van der Waals surface area (Å²) in [7, 11) is -0.258. The minimum Gasteiger partial charge on any atom is -0.496 e. The number of hydrogen-bond donors (Lipinski definition) is 1. The average molecular weight is 325 g/mol. The summed E-state index contributed by atoms with van der Waals surface area (Å²) in [6.07, 6.45) is 0. The first-order chi connectivity index (χ1) is 10.1. The first kappa shape index (κ1) is 18.5. The van der Waals surface area contributed by atoms with E-state index in [-0.39, 0.29) is 5.04 Å². The monoisotopic (exact) mass is 325 g/mol. The van der Waals surface area contributed by atoms with Gasteiger partial charge in [-0.05, 0) is 30.3 Å². The number of ether oxygens (including phenoxy) is 2. The number of nitrogens with two attached hydrogens (primary N) is 1. The van der Waals surface area contributed by atoms with Crippen molar-refractivity contribution >= 4 is 14.2 Å². The van der Waals surface area contributed by atoms with E-state index in [0.717, 1.165) is 0 Å². The molecule has 6 heteroatoms. The van der Waals surface area contributed by atoms with Crippen molar-refractivity contribution in [1.82, 2.24) is 0 Å². The van der Waals surface area contributed by atoms with Gasteiger partial charge in [0.15, 0.2) is 8.32 Å². The summed E-state index contributed by atoms with van der Waals surface area (Å²) in [6, 6.07) is 4.96. The normalized spacial score (nSPS) is 12.1. The van der Waals surface area contributed by atoms with Crippen LogP contribution in [0, 0.1) is 0 Å². The van der Waals surface area contributed by atoms with Gasteiger partial charge < -0.3 is 19.6 Å². The lowest BCUT2D eigenvalue weighted by atomic mass is 10.2. The van der Waals surface area contributed by atoms with Gasteiger partial charge >= 0.3 is 0 Å². The number of hydrogen-bond acceptors (Lipinski definition) is 4. The molecule has 1 amide bonds. The lowest BCUT2D eigenvalue weighted by Crippen LogP contribution is -2.41. The lowest BCUT2D eigenvalue weighted by Gasteiger charge is -2.36. The van der Waals surface area contributed by atoms with Gasteiger partial charge in [0.25, 0.3) is 5.91 Å². The molecule has 0 spiro atoms. The van der Waals surface area contributed by atoms with E-state index in [1.165, 1.54) is 7.11 Å². The van der Waals surface area contributed by atoms with Crippen molar-refractivity contribution < 1.29 is 18.7 Å². The van der Waals surface area contributed by atoms with Crippen LogP contribution in [0.2, 0.25) is 18.1 Å². The van der Waals surface area contributed by atoms with Crippen LogP contribution in [0.15, 0.2) is 18.2 Å². The molecule has 5 nitrogen and oxygen atoms in total. The molecular weight excluding hydrogens is 298 g/mol. The van der Waals surface area contributed by atoms with Crippen LogP contribution in [0.3, 0.4) is 0 Å². The van der Waals surface area contributed by atoms with Crippen molar-refractivity contribution in [3.63, 3.8) is 0 Å². The molecule has 0 heterocycles. The Morgan fingerprint density at radius 3 is 2.36 bits per heavy atom. The van der Waals surface area contributed by atoms with Gasteiger partial charge in [0.05, 0.1) is 19.3 Å². The van der Waals surface area contributed by atoms with E-state index in [9.17, 15) is 4.79 Å². The fraction of sp³-hybridized carbons (Fsp3) is 0.562. The van der Waals surface area contributed by atoms with Crippen LogP contribution in [0.1, 0.15) is 31.1 Å². The summed E-state index contributed by atoms with van der Waals surface area (Å²) in [5, 5.41) is 0.180. The summed E-state index contributed by atoms with van der Waals surface area (Å²) in [5.74, 6) is 0.514. The van der Waals surface area contributed by atoms with Crippen LogP contribution in [0.5, 0.6) is 11.5 Å². The van der Waals surface area contributed by atoms with Crippen LogP contribution in [-0.4, -0.2) is 34.5 Å². The van der Waals surface area contributed by atoms with Crippen molar-refractivity contribution in [2.45, 2.75) is 38.9 Å². The lowest BCUT2D eigenvalue weighted by molar-refractivity contribution is 0.0997. The highest BCUT2D eigenvalue weighted by atomic mass is 28.4. The molecule has 1 rings (SSSR count). The Kier molecular flexibility index (Phi) is 6.02. The predicted octanol–water partition coefficient (Wildman–Crippen LogP) is 3.19. The van der Waals surface area contributed by atoms with E-state index in [4.69, 9.17) is 19.6 Å². The topological polar surface area (TPSA) is 70.8 Å². The first-order valence-electron chi connectivity index (χ1n) is 7.33. The molecule has 1 aromatic rings. The molecule has 0 bridgehead atoms. The largest absolute Gasteiger partial charge is 0.496 e. The van der Waals surface area contributed by atoms with Crippen LogP contribution < -0.4 is 15.2 Å². The van der Waals surface area contributed by atoms with Gasteiger partial charge in [-0.25, -0.2) is 0 Å². The highest BCUT2D eigenvalue weighted by molar-refractivity contribution is 6.74. The second-order valence-electron chi connectivity index (χ2n) is 6.68. The van der Waals surface area contributed by atoms with Crippen molar-refractivity contribution in [3.8, 4) is 11.5 Å². The van der Waals surface area contributed by atoms with Gasteiger partial charge in [-0.1, -0.05) is 20.8 Å². The van der Waals surface area contributed by atoms with Crippen LogP contribution in [-0.2, 0) is 4.43 Å². The van der Waals surface area contributed by atoms with Gasteiger partial charge in [-0.15, -0.1) is 0 Å². The molecule has 22 heavy (non-hydrogen) atoms. The Hall–Kier alpha value is -1.53. The van der Waals surface area contributed by atoms with Crippen molar-refractivity contribution in [3.05, 3.63) is 23.8 Å². The summed E-state index contributed by atoms with van der Waals surface area (Å²) < 4.78 is 16.8. The standard InChI is InChI=1S/C16H27NO4Si/c1-16(2,3)22(5,6)21-10-9-20-12-7-8-13(15(17)18)14(11-12)19-4/h7-8,11H,9-10H2,1-6H3,(H2,17,18). The zero-order valence-corrected chi connectivity index (χ0v) is 15.4. The average Bonchev–Trinajstić information content (AvgIpc) is 2.41. The minimum absolute atomic E-state index is 0.180. The molecule has 0 aliphatic rings. The third kappa shape index (κ3) is 4.74. The minimum atomic E-state index is -1.75. The molecule has 1 aromatic carbocycles. The van der Waals surface area contributed by atoms with E-state index in [0.29, 0.717) is 30.3 Å². The molecule has 124 valence electrons. The maximum Gasteiger partial charge on any atom is 0.252 e. The van der Waals surface area contributed by atoms with E-state index in [2.05, 4.69) is 33.9 Å². The maximum absolute atomic E-state index is 11.2. The maximum atomic E-state index is 11.2. The quantitative estimate of drug-likeness (QED) is 0.617. The predicted molar refractivity (Wildman–Crippen MR) is 90.2 cm³/mol. The van der Waals surface area contributed by atoms with Gasteiger partial charge in [0, 0.05) is 6.07 Å². The Bertz CT molecular complexity index is 523. The zero-order chi connectivity index (χ0) is 17.0. The van der Waals surface area contributed by atoms with Gasteiger partial charge in [0.1, 0.15) is 18.1 Å². The van der Waals surface area contributed by atoms with E-state index >= 15 is 0 Å². The Labute approximate surface area is 133 Å². The molecule has 0 atom stereocenters. The SMILES string of the molecule is COc1cc(OCCO[Si](C)(C)C(C)(C)C)ccc1C(N)=O. The molecule has 2 N–H and O–H groups in total. The number of amides is 1. The Morgan fingerprint density at radius 2 is 1.86 bits per heavy atom. The Balaban J connectivity index is 2.58. The first-order valence-corrected chi connectivity index (χ1v) is 10.2. The highest BCUT2D eigenvalue weighted by Gasteiger charge is 2.36. The second-order valence-corrected chi connectivity index (χ2v) is 11.5. The molecule has 0 unspecified atom stereocenters. The van der Waals surface area contributed by atoms with E-state index < -0.39 is 14.2 Å². The van der Waals surface area contributed by atoms with Crippen LogP contribution >= 0.6 is 0 Å². The fourth-order valence-electron chi connectivity index (χ4n) is 1.64. The summed E-state index contributed by atoms with van der Waals surface area (Å²) in [4.78, 5) is 11.2. The van der Waals surface area contributed by atoms with Gasteiger partial charge in [-0.2, -0.15) is 0 Å². The van der Waals surface area contributed by atoms with Crippen molar-refractivity contribution in [1.29, 1.82) is 0 Å². The summed E-state index contributed by atoms with van der Waals surface area (Å²) in [6.45, 7) is 12.0. The number of rotatable bonds is 7. The van der Waals surface area contributed by atoms with Crippen molar-refractivity contribution in [2.75, 3.05) is 20.3 Å². The molecule has 0 fully saturated rings. The molecule has 0 aliphatic carbocycles. The van der Waals surface area contributed by atoms with Crippen molar-refractivity contribution in [2.24, 2.45) is 5.73 Å². The fourth-order valence-corrected chi connectivity index (χ4v) is 2.66. The molecule has 0 aromatic heterocycles. The molecule has 0 aliphatic heterocycles. The zero-order valence-electron chi connectivity index (χ0n) is 14.4. The van der Waals surface area contributed by atoms with Gasteiger partial charge in [-0.3, -0.25) is 4.79 Å². The molecule has 0 saturated carbocycles. The molecular formula is C16H27NO4Si. The van der Waals surface area contributed by atoms with Crippen LogP contribution in [0.4, 0.5) is 0 Å². The number of carbonyl (C=O) groups excluding carboxylic acids is 1. The summed E-state index contributed by atoms with van der Waals surface area (Å²) in [5.41, 5.74) is 5.62. The molecule has 0 saturated heterocycles. The van der Waals surface area contributed by atoms with E-state index in [1.807, 2.05) is 0 Å². The third-order valence-corrected chi connectivity index (χ3v) is 8.60. The van der Waals surface area contributed by atoms with Crippen LogP contribution in [0.25, 0.3) is 0 Å². The smallest absolute Gasteiger partial charge is 0.252 e. The molecule has 0 radical (unpaired) electrons. The number of primary amides is 1.